The van der Waals surface area contributed by atoms with Gasteiger partial charge < -0.3 is 20.3 Å². The van der Waals surface area contributed by atoms with Crippen molar-refractivity contribution in [3.8, 4) is 11.5 Å². The third-order valence-electron chi connectivity index (χ3n) is 1.80. The number of hydrogen-bond donors (Lipinski definition) is 2. The molecule has 1 aromatic rings. The van der Waals surface area contributed by atoms with Crippen LogP contribution in [0.2, 0.25) is 0 Å². The lowest BCUT2D eigenvalue weighted by Crippen LogP contribution is -2.12. The second-order valence-electron chi connectivity index (χ2n) is 2.91. The molecule has 0 saturated carbocycles. The number of carboxylic acids is 1. The number of nitrogens with two attached hydrogens (primary N) is 1. The van der Waals surface area contributed by atoms with Crippen LogP contribution in [-0.4, -0.2) is 30.7 Å². The summed E-state index contributed by atoms with van der Waals surface area (Å²) in [5.41, 5.74) is 5.34. The largest absolute Gasteiger partial charge is 0.493 e. The first kappa shape index (κ1) is 11.8. The van der Waals surface area contributed by atoms with E-state index in [2.05, 4.69) is 0 Å². The summed E-state index contributed by atoms with van der Waals surface area (Å²) in [6.45, 7) is -0.480. The van der Waals surface area contributed by atoms with Crippen molar-refractivity contribution in [2.75, 3.05) is 13.7 Å². The molecule has 6 heteroatoms. The van der Waals surface area contributed by atoms with E-state index in [9.17, 15) is 9.59 Å². The zero-order valence-electron chi connectivity index (χ0n) is 8.60. The Kier molecular flexibility index (Phi) is 3.71. The Bertz CT molecular complexity index is 416. The van der Waals surface area contributed by atoms with E-state index in [1.165, 1.54) is 25.3 Å². The van der Waals surface area contributed by atoms with Gasteiger partial charge in [0.25, 0.3) is 0 Å². The summed E-state index contributed by atoms with van der Waals surface area (Å²) >= 11 is 0. The number of benzene rings is 1. The predicted molar refractivity (Wildman–Crippen MR) is 54.6 cm³/mol. The van der Waals surface area contributed by atoms with Gasteiger partial charge in [-0.1, -0.05) is 0 Å². The summed E-state index contributed by atoms with van der Waals surface area (Å²) in [7, 11) is 1.38. The number of carbonyl (C=O) groups is 2. The van der Waals surface area contributed by atoms with Crippen LogP contribution >= 0.6 is 0 Å². The van der Waals surface area contributed by atoms with Gasteiger partial charge in [-0.05, 0) is 18.2 Å². The van der Waals surface area contributed by atoms with Crippen LogP contribution in [0.25, 0.3) is 0 Å². The molecule has 0 bridgehead atoms. The highest BCUT2D eigenvalue weighted by Crippen LogP contribution is 2.27. The van der Waals surface area contributed by atoms with E-state index in [-0.39, 0.29) is 17.1 Å². The van der Waals surface area contributed by atoms with E-state index in [1.807, 2.05) is 0 Å². The van der Waals surface area contributed by atoms with Crippen LogP contribution in [0.15, 0.2) is 18.2 Å². The van der Waals surface area contributed by atoms with E-state index >= 15 is 0 Å². The first-order valence-electron chi connectivity index (χ1n) is 4.37. The Labute approximate surface area is 91.6 Å². The van der Waals surface area contributed by atoms with E-state index in [1.54, 1.807) is 0 Å². The fourth-order valence-corrected chi connectivity index (χ4v) is 1.08. The summed E-state index contributed by atoms with van der Waals surface area (Å²) in [6.07, 6.45) is 0. The van der Waals surface area contributed by atoms with Gasteiger partial charge in [-0.2, -0.15) is 0 Å². The van der Waals surface area contributed by atoms with Gasteiger partial charge in [0.15, 0.2) is 18.1 Å². The lowest BCUT2D eigenvalue weighted by molar-refractivity contribution is -0.139. The molecule has 0 saturated heterocycles. The van der Waals surface area contributed by atoms with Gasteiger partial charge in [0.05, 0.1) is 7.11 Å². The van der Waals surface area contributed by atoms with Crippen LogP contribution in [0.3, 0.4) is 0 Å². The van der Waals surface area contributed by atoms with Crippen molar-refractivity contribution in [1.82, 2.24) is 0 Å². The van der Waals surface area contributed by atoms with Crippen molar-refractivity contribution in [1.29, 1.82) is 0 Å². The second-order valence-corrected chi connectivity index (χ2v) is 2.91. The van der Waals surface area contributed by atoms with Crippen LogP contribution in [0.4, 0.5) is 0 Å². The van der Waals surface area contributed by atoms with Crippen molar-refractivity contribution in [2.24, 2.45) is 5.73 Å². The van der Waals surface area contributed by atoms with E-state index in [4.69, 9.17) is 20.3 Å². The van der Waals surface area contributed by atoms with E-state index in [0.29, 0.717) is 0 Å². The van der Waals surface area contributed by atoms with Crippen molar-refractivity contribution in [3.63, 3.8) is 0 Å². The summed E-state index contributed by atoms with van der Waals surface area (Å²) in [4.78, 5) is 21.2. The zero-order valence-corrected chi connectivity index (χ0v) is 8.60. The van der Waals surface area contributed by atoms with Crippen LogP contribution in [0.1, 0.15) is 10.4 Å². The first-order chi connectivity index (χ1) is 7.54. The molecule has 6 nitrogen and oxygen atoms in total. The van der Waals surface area contributed by atoms with Gasteiger partial charge in [0, 0.05) is 5.56 Å². The number of primary amides is 1. The molecular weight excluding hydrogens is 214 g/mol. The molecule has 0 radical (unpaired) electrons. The number of hydrogen-bond acceptors (Lipinski definition) is 4. The molecule has 16 heavy (non-hydrogen) atoms. The van der Waals surface area contributed by atoms with Crippen LogP contribution in [-0.2, 0) is 4.79 Å². The standard InChI is InChI=1S/C10H11NO5/c1-15-8-4-6(10(11)14)2-3-7(8)16-5-9(12)13/h2-4H,5H2,1H3,(H2,11,14)(H,12,13). The lowest BCUT2D eigenvalue weighted by atomic mass is 10.2. The molecule has 0 aliphatic rings. The van der Waals surface area contributed by atoms with Crippen LogP contribution in [0, 0.1) is 0 Å². The molecule has 0 spiro atoms. The van der Waals surface area contributed by atoms with Crippen molar-refractivity contribution >= 4 is 11.9 Å². The summed E-state index contributed by atoms with van der Waals surface area (Å²) in [6, 6.07) is 4.25. The molecule has 0 unspecified atom stereocenters. The highest BCUT2D eigenvalue weighted by molar-refractivity contribution is 5.93. The summed E-state index contributed by atoms with van der Waals surface area (Å²) in [5.74, 6) is -1.18. The molecule has 0 heterocycles. The Morgan fingerprint density at radius 1 is 1.38 bits per heavy atom. The Morgan fingerprint density at radius 2 is 2.06 bits per heavy atom. The third kappa shape index (κ3) is 2.88. The van der Waals surface area contributed by atoms with Crippen molar-refractivity contribution in [2.45, 2.75) is 0 Å². The number of methoxy groups -OCH3 is 1. The molecule has 1 rings (SSSR count). The Hall–Kier alpha value is -2.24. The number of aliphatic carboxylic acids is 1. The van der Waals surface area contributed by atoms with Crippen LogP contribution < -0.4 is 15.2 Å². The van der Waals surface area contributed by atoms with Crippen molar-refractivity contribution < 1.29 is 24.2 Å². The second kappa shape index (κ2) is 5.01. The Morgan fingerprint density at radius 3 is 2.56 bits per heavy atom. The molecule has 0 aromatic heterocycles. The summed E-state index contributed by atoms with van der Waals surface area (Å²) < 4.78 is 9.89. The molecule has 1 amide bonds. The SMILES string of the molecule is COc1cc(C(N)=O)ccc1OCC(=O)O. The topological polar surface area (TPSA) is 98.9 Å². The highest BCUT2D eigenvalue weighted by Gasteiger charge is 2.09. The van der Waals surface area contributed by atoms with Crippen LogP contribution in [0.5, 0.6) is 11.5 Å². The average molecular weight is 225 g/mol. The molecular formula is C10H11NO5. The third-order valence-corrected chi connectivity index (χ3v) is 1.80. The molecule has 0 aliphatic heterocycles. The smallest absolute Gasteiger partial charge is 0.341 e. The number of amides is 1. The normalized spacial score (nSPS) is 9.56. The molecule has 1 aromatic carbocycles. The van der Waals surface area contributed by atoms with Gasteiger partial charge in [-0.3, -0.25) is 4.79 Å². The lowest BCUT2D eigenvalue weighted by Gasteiger charge is -2.09. The fraction of sp³-hybridized carbons (Fsp3) is 0.200. The number of carbonyl (C=O) groups excluding carboxylic acids is 1. The zero-order chi connectivity index (χ0) is 12.1. The average Bonchev–Trinajstić information content (AvgIpc) is 2.25. The van der Waals surface area contributed by atoms with Gasteiger partial charge in [0.1, 0.15) is 0 Å². The van der Waals surface area contributed by atoms with E-state index in [0.717, 1.165) is 0 Å². The van der Waals surface area contributed by atoms with Crippen molar-refractivity contribution in [3.05, 3.63) is 23.8 Å². The first-order valence-corrected chi connectivity index (χ1v) is 4.37. The maximum Gasteiger partial charge on any atom is 0.341 e. The highest BCUT2D eigenvalue weighted by atomic mass is 16.5. The fourth-order valence-electron chi connectivity index (χ4n) is 1.08. The monoisotopic (exact) mass is 225 g/mol. The molecule has 0 fully saturated rings. The minimum absolute atomic E-state index is 0.245. The van der Waals surface area contributed by atoms with Gasteiger partial charge in [-0.15, -0.1) is 0 Å². The molecule has 0 aliphatic carbocycles. The molecule has 3 N–H and O–H groups in total. The minimum Gasteiger partial charge on any atom is -0.493 e. The number of carboxylic acid groups (broad SMARTS) is 1. The van der Waals surface area contributed by atoms with Gasteiger partial charge in [0.2, 0.25) is 5.91 Å². The maximum atomic E-state index is 10.9. The van der Waals surface area contributed by atoms with Gasteiger partial charge in [-0.25, -0.2) is 4.79 Å². The minimum atomic E-state index is -1.10. The summed E-state index contributed by atoms with van der Waals surface area (Å²) in [5, 5.41) is 8.44. The quantitative estimate of drug-likeness (QED) is 0.748. The number of rotatable bonds is 5. The molecule has 86 valence electrons. The number of ether oxygens (including phenoxy) is 2. The molecule has 0 atom stereocenters. The van der Waals surface area contributed by atoms with E-state index < -0.39 is 18.5 Å². The predicted octanol–water partition coefficient (Wildman–Crippen LogP) is 0.257. The maximum absolute atomic E-state index is 10.9. The van der Waals surface area contributed by atoms with Gasteiger partial charge >= 0.3 is 5.97 Å². The Balaban J connectivity index is 2.93.